The lowest BCUT2D eigenvalue weighted by molar-refractivity contribution is 0.0200. The molecule has 7 heteroatoms. The zero-order valence-electron chi connectivity index (χ0n) is 12.1. The summed E-state index contributed by atoms with van der Waals surface area (Å²) in [4.78, 5) is 0.230. The molecule has 2 rings (SSSR count). The van der Waals surface area contributed by atoms with E-state index in [0.29, 0.717) is 24.7 Å². The topological polar surface area (TPSA) is 67.4 Å². The van der Waals surface area contributed by atoms with Gasteiger partial charge in [0.2, 0.25) is 10.0 Å². The molecule has 1 atom stereocenters. The zero-order chi connectivity index (χ0) is 15.3. The van der Waals surface area contributed by atoms with Crippen molar-refractivity contribution in [2.75, 3.05) is 20.2 Å². The van der Waals surface area contributed by atoms with Gasteiger partial charge in [0.25, 0.3) is 0 Å². The fourth-order valence-electron chi connectivity index (χ4n) is 2.30. The summed E-state index contributed by atoms with van der Waals surface area (Å²) in [5, 5.41) is 3.52. The van der Waals surface area contributed by atoms with Gasteiger partial charge in [-0.1, -0.05) is 11.6 Å². The molecule has 0 spiro atoms. The Hall–Kier alpha value is -0.660. The highest BCUT2D eigenvalue weighted by Gasteiger charge is 2.20. The van der Waals surface area contributed by atoms with E-state index in [1.54, 1.807) is 19.2 Å². The highest BCUT2D eigenvalue weighted by molar-refractivity contribution is 7.89. The van der Waals surface area contributed by atoms with Gasteiger partial charge in [-0.05, 0) is 50.1 Å². The minimum absolute atomic E-state index is 0.0300. The summed E-state index contributed by atoms with van der Waals surface area (Å²) in [5.74, 6) is 0. The van der Waals surface area contributed by atoms with E-state index >= 15 is 0 Å². The first-order valence-corrected chi connectivity index (χ1v) is 8.93. The fraction of sp³-hybridized carbons (Fsp3) is 0.571. The second kappa shape index (κ2) is 7.56. The van der Waals surface area contributed by atoms with Gasteiger partial charge in [-0.25, -0.2) is 13.1 Å². The second-order valence-electron chi connectivity index (χ2n) is 5.12. The van der Waals surface area contributed by atoms with Gasteiger partial charge in [-0.3, -0.25) is 0 Å². The van der Waals surface area contributed by atoms with Crippen LogP contribution >= 0.6 is 11.6 Å². The van der Waals surface area contributed by atoms with Gasteiger partial charge < -0.3 is 10.1 Å². The Labute approximate surface area is 131 Å². The van der Waals surface area contributed by atoms with Crippen LogP contribution in [0.15, 0.2) is 23.1 Å². The van der Waals surface area contributed by atoms with Crippen LogP contribution in [0.25, 0.3) is 0 Å². The van der Waals surface area contributed by atoms with Crippen molar-refractivity contribution in [3.63, 3.8) is 0 Å². The van der Waals surface area contributed by atoms with Gasteiger partial charge in [0.05, 0.1) is 11.0 Å². The molecule has 21 heavy (non-hydrogen) atoms. The van der Waals surface area contributed by atoms with E-state index in [9.17, 15) is 8.42 Å². The van der Waals surface area contributed by atoms with Crippen LogP contribution in [0.4, 0.5) is 0 Å². The summed E-state index contributed by atoms with van der Waals surface area (Å²) in [6, 6.07) is 4.73. The van der Waals surface area contributed by atoms with E-state index in [2.05, 4.69) is 10.0 Å². The monoisotopic (exact) mass is 332 g/mol. The van der Waals surface area contributed by atoms with Crippen LogP contribution in [0.1, 0.15) is 24.8 Å². The van der Waals surface area contributed by atoms with Crippen molar-refractivity contribution in [3.05, 3.63) is 28.8 Å². The molecule has 1 aliphatic rings. The third-order valence-corrected chi connectivity index (χ3v) is 5.26. The Morgan fingerprint density at radius 1 is 1.38 bits per heavy atom. The Kier molecular flexibility index (Phi) is 6.01. The van der Waals surface area contributed by atoms with Crippen LogP contribution in [-0.2, 0) is 21.3 Å². The maximum Gasteiger partial charge on any atom is 0.240 e. The van der Waals surface area contributed by atoms with Gasteiger partial charge in [0.15, 0.2) is 0 Å². The second-order valence-corrected chi connectivity index (χ2v) is 7.30. The van der Waals surface area contributed by atoms with Gasteiger partial charge in [-0.2, -0.15) is 0 Å². The third-order valence-electron chi connectivity index (χ3n) is 3.47. The first kappa shape index (κ1) is 16.7. The molecule has 5 nitrogen and oxygen atoms in total. The zero-order valence-corrected chi connectivity index (χ0v) is 13.6. The molecule has 0 aromatic heterocycles. The molecule has 1 heterocycles. The number of hydrogen-bond donors (Lipinski definition) is 2. The van der Waals surface area contributed by atoms with Crippen LogP contribution in [0.2, 0.25) is 5.02 Å². The molecule has 0 aliphatic carbocycles. The normalized spacial score (nSPS) is 19.6. The minimum Gasteiger partial charge on any atom is -0.377 e. The van der Waals surface area contributed by atoms with Crippen LogP contribution in [0.5, 0.6) is 0 Å². The molecular weight excluding hydrogens is 312 g/mol. The number of benzene rings is 1. The highest BCUT2D eigenvalue weighted by Crippen LogP contribution is 2.20. The number of halogens is 1. The van der Waals surface area contributed by atoms with Crippen molar-refractivity contribution in [2.24, 2.45) is 0 Å². The molecule has 0 bridgehead atoms. The van der Waals surface area contributed by atoms with E-state index in [1.165, 1.54) is 6.07 Å². The van der Waals surface area contributed by atoms with Crippen LogP contribution in [0, 0.1) is 0 Å². The molecule has 0 radical (unpaired) electrons. The van der Waals surface area contributed by atoms with E-state index in [0.717, 1.165) is 24.8 Å². The third kappa shape index (κ3) is 4.66. The molecule has 1 saturated heterocycles. The highest BCUT2D eigenvalue weighted by atomic mass is 35.5. The lowest BCUT2D eigenvalue weighted by Gasteiger charge is -2.22. The Balaban J connectivity index is 2.06. The predicted octanol–water partition coefficient (Wildman–Crippen LogP) is 1.91. The fourth-order valence-corrected chi connectivity index (χ4v) is 3.60. The SMILES string of the molecule is CNCc1cc(S(=O)(=O)NCC2CCCCO2)ccc1Cl. The maximum absolute atomic E-state index is 12.3. The van der Waals surface area contributed by atoms with Crippen LogP contribution in [-0.4, -0.2) is 34.7 Å². The van der Waals surface area contributed by atoms with Gasteiger partial charge in [-0.15, -0.1) is 0 Å². The summed E-state index contributed by atoms with van der Waals surface area (Å²) >= 11 is 6.05. The molecule has 1 unspecified atom stereocenters. The predicted molar refractivity (Wildman–Crippen MR) is 83.0 cm³/mol. The van der Waals surface area contributed by atoms with Crippen molar-refractivity contribution < 1.29 is 13.2 Å². The van der Waals surface area contributed by atoms with Crippen molar-refractivity contribution in [3.8, 4) is 0 Å². The Morgan fingerprint density at radius 2 is 2.19 bits per heavy atom. The molecule has 0 amide bonds. The Morgan fingerprint density at radius 3 is 2.86 bits per heavy atom. The summed E-state index contributed by atoms with van der Waals surface area (Å²) in [6.07, 6.45) is 3.00. The van der Waals surface area contributed by atoms with Crippen molar-refractivity contribution >= 4 is 21.6 Å². The molecule has 1 aromatic rings. The average Bonchev–Trinajstić information content (AvgIpc) is 2.49. The largest absolute Gasteiger partial charge is 0.377 e. The molecule has 1 fully saturated rings. The van der Waals surface area contributed by atoms with E-state index in [4.69, 9.17) is 16.3 Å². The van der Waals surface area contributed by atoms with Crippen molar-refractivity contribution in [1.82, 2.24) is 10.0 Å². The lowest BCUT2D eigenvalue weighted by Crippen LogP contribution is -2.35. The molecule has 2 N–H and O–H groups in total. The molecule has 1 aromatic carbocycles. The summed E-state index contributed by atoms with van der Waals surface area (Å²) < 4.78 is 32.8. The summed E-state index contributed by atoms with van der Waals surface area (Å²) in [6.45, 7) is 1.54. The van der Waals surface area contributed by atoms with E-state index in [-0.39, 0.29) is 11.0 Å². The summed E-state index contributed by atoms with van der Waals surface area (Å²) in [5.41, 5.74) is 0.760. The minimum atomic E-state index is -3.53. The quantitative estimate of drug-likeness (QED) is 0.835. The van der Waals surface area contributed by atoms with Gasteiger partial charge >= 0.3 is 0 Å². The number of rotatable bonds is 6. The maximum atomic E-state index is 12.3. The lowest BCUT2D eigenvalue weighted by atomic mass is 10.1. The molecular formula is C14H21ClN2O3S. The molecule has 0 saturated carbocycles. The molecule has 1 aliphatic heterocycles. The van der Waals surface area contributed by atoms with Gasteiger partial charge in [0, 0.05) is 24.7 Å². The smallest absolute Gasteiger partial charge is 0.240 e. The average molecular weight is 333 g/mol. The van der Waals surface area contributed by atoms with Gasteiger partial charge in [0.1, 0.15) is 0 Å². The number of hydrogen-bond acceptors (Lipinski definition) is 4. The van der Waals surface area contributed by atoms with Crippen molar-refractivity contribution in [1.29, 1.82) is 0 Å². The van der Waals surface area contributed by atoms with E-state index in [1.807, 2.05) is 0 Å². The first-order valence-electron chi connectivity index (χ1n) is 7.07. The Bertz CT molecular complexity index is 572. The number of ether oxygens (including phenoxy) is 1. The number of sulfonamides is 1. The summed E-state index contributed by atoms with van der Waals surface area (Å²) in [7, 11) is -1.75. The van der Waals surface area contributed by atoms with Crippen LogP contribution in [0.3, 0.4) is 0 Å². The molecule has 118 valence electrons. The number of nitrogens with one attached hydrogen (secondary N) is 2. The first-order chi connectivity index (χ1) is 10.0. The standard InChI is InChI=1S/C14H21ClN2O3S/c1-16-9-11-8-13(5-6-14(11)15)21(18,19)17-10-12-4-2-3-7-20-12/h5-6,8,12,16-17H,2-4,7,9-10H2,1H3. The van der Waals surface area contributed by atoms with Crippen LogP contribution < -0.4 is 10.0 Å². The van der Waals surface area contributed by atoms with E-state index < -0.39 is 10.0 Å². The van der Waals surface area contributed by atoms with Crippen molar-refractivity contribution in [2.45, 2.75) is 36.8 Å².